The molecule has 1 amide bonds. The molecule has 1 saturated heterocycles. The van der Waals surface area contributed by atoms with Crippen molar-refractivity contribution in [3.8, 4) is 5.88 Å². The molecule has 2 heterocycles. The number of amides is 1. The van der Waals surface area contributed by atoms with Crippen LogP contribution < -0.4 is 10.1 Å². The summed E-state index contributed by atoms with van der Waals surface area (Å²) >= 11 is 0. The van der Waals surface area contributed by atoms with E-state index in [1.54, 1.807) is 0 Å². The third kappa shape index (κ3) is 4.22. The fraction of sp³-hybridized carbons (Fsp3) is 0.500. The van der Waals surface area contributed by atoms with Crippen molar-refractivity contribution in [1.82, 2.24) is 15.2 Å². The number of hydrogen-bond donors (Lipinski definition) is 2. The van der Waals surface area contributed by atoms with Crippen molar-refractivity contribution in [3.63, 3.8) is 0 Å². The van der Waals surface area contributed by atoms with Gasteiger partial charge < -0.3 is 20.1 Å². The van der Waals surface area contributed by atoms with Gasteiger partial charge in [0.05, 0.1) is 11.6 Å². The van der Waals surface area contributed by atoms with E-state index in [9.17, 15) is 18.0 Å². The predicted molar refractivity (Wildman–Crippen MR) is 66.1 cm³/mol. The fourth-order valence-corrected chi connectivity index (χ4v) is 1.96. The minimum absolute atomic E-state index is 0.0398. The van der Waals surface area contributed by atoms with Crippen molar-refractivity contribution >= 4 is 6.09 Å². The Morgan fingerprint density at radius 2 is 2.33 bits per heavy atom. The first-order valence-electron chi connectivity index (χ1n) is 6.23. The molecule has 0 aliphatic carbocycles. The van der Waals surface area contributed by atoms with Crippen LogP contribution in [0.2, 0.25) is 0 Å². The summed E-state index contributed by atoms with van der Waals surface area (Å²) in [5, 5.41) is 11.9. The molecule has 0 saturated carbocycles. The van der Waals surface area contributed by atoms with Crippen molar-refractivity contribution < 1.29 is 27.8 Å². The third-order valence-electron chi connectivity index (χ3n) is 3.02. The molecule has 1 atom stereocenters. The summed E-state index contributed by atoms with van der Waals surface area (Å²) in [7, 11) is 0. The number of aromatic nitrogens is 1. The number of piperazine rings is 1. The van der Waals surface area contributed by atoms with E-state index < -0.39 is 17.8 Å². The van der Waals surface area contributed by atoms with Crippen LogP contribution in [0.5, 0.6) is 5.88 Å². The number of nitrogens with one attached hydrogen (secondary N) is 1. The minimum Gasteiger partial charge on any atom is -0.476 e. The molecule has 1 aromatic rings. The molecule has 0 spiro atoms. The van der Waals surface area contributed by atoms with Gasteiger partial charge >= 0.3 is 12.3 Å². The number of halogens is 3. The van der Waals surface area contributed by atoms with Gasteiger partial charge in [-0.3, -0.25) is 0 Å². The van der Waals surface area contributed by atoms with E-state index in [1.807, 2.05) is 0 Å². The Morgan fingerprint density at radius 1 is 1.57 bits per heavy atom. The normalized spacial score (nSPS) is 19.4. The molecule has 9 heteroatoms. The number of carbonyl (C=O) groups is 1. The summed E-state index contributed by atoms with van der Waals surface area (Å²) in [5.74, 6) is -0.140. The number of pyridine rings is 1. The molecular formula is C12H14F3N3O3. The predicted octanol–water partition coefficient (Wildman–Crippen LogP) is 1.43. The molecule has 0 radical (unpaired) electrons. The summed E-state index contributed by atoms with van der Waals surface area (Å²) in [6, 6.07) is 1.39. The molecule has 0 aromatic carbocycles. The lowest BCUT2D eigenvalue weighted by molar-refractivity contribution is -0.137. The Morgan fingerprint density at radius 3 is 3.00 bits per heavy atom. The van der Waals surface area contributed by atoms with Gasteiger partial charge in [0.2, 0.25) is 5.88 Å². The lowest BCUT2D eigenvalue weighted by Gasteiger charge is -2.31. The lowest BCUT2D eigenvalue weighted by Crippen LogP contribution is -2.54. The van der Waals surface area contributed by atoms with Gasteiger partial charge in [0, 0.05) is 31.9 Å². The maximum Gasteiger partial charge on any atom is 0.416 e. The van der Waals surface area contributed by atoms with E-state index in [0.717, 1.165) is 18.3 Å². The van der Waals surface area contributed by atoms with Crippen molar-refractivity contribution in [1.29, 1.82) is 0 Å². The van der Waals surface area contributed by atoms with Crippen LogP contribution in [-0.2, 0) is 6.18 Å². The van der Waals surface area contributed by atoms with E-state index in [0.29, 0.717) is 13.1 Å². The first kappa shape index (κ1) is 15.4. The molecule has 0 bridgehead atoms. The summed E-state index contributed by atoms with van der Waals surface area (Å²) in [4.78, 5) is 15.8. The second-order valence-corrected chi connectivity index (χ2v) is 4.57. The number of hydrogen-bond acceptors (Lipinski definition) is 4. The van der Waals surface area contributed by atoms with Crippen LogP contribution in [0.25, 0.3) is 0 Å². The number of ether oxygens (including phenoxy) is 1. The Balaban J connectivity index is 1.92. The summed E-state index contributed by atoms with van der Waals surface area (Å²) < 4.78 is 42.8. The molecule has 6 nitrogen and oxygen atoms in total. The van der Waals surface area contributed by atoms with Crippen molar-refractivity contribution in [2.45, 2.75) is 12.2 Å². The van der Waals surface area contributed by atoms with Crippen molar-refractivity contribution in [3.05, 3.63) is 23.9 Å². The van der Waals surface area contributed by atoms with Gasteiger partial charge in [-0.25, -0.2) is 9.78 Å². The maximum absolute atomic E-state index is 12.5. The van der Waals surface area contributed by atoms with Gasteiger partial charge in [0.15, 0.2) is 0 Å². The standard InChI is InChI=1S/C12H14F3N3O3/c13-12(14,15)8-1-2-17-10(5-8)21-7-9-6-18(11(19)20)4-3-16-9/h1-2,5,9,16H,3-4,6-7H2,(H,19,20)/t9-/m0/s1. The quantitative estimate of drug-likeness (QED) is 0.883. The fourth-order valence-electron chi connectivity index (χ4n) is 1.96. The van der Waals surface area contributed by atoms with Crippen LogP contribution >= 0.6 is 0 Å². The highest BCUT2D eigenvalue weighted by molar-refractivity contribution is 5.65. The van der Waals surface area contributed by atoms with Gasteiger partial charge in [0.25, 0.3) is 0 Å². The van der Waals surface area contributed by atoms with Gasteiger partial charge in [-0.15, -0.1) is 0 Å². The average molecular weight is 305 g/mol. The monoisotopic (exact) mass is 305 g/mol. The molecule has 1 aliphatic heterocycles. The Kier molecular flexibility index (Phi) is 4.51. The topological polar surface area (TPSA) is 74.7 Å². The summed E-state index contributed by atoms with van der Waals surface area (Å²) in [6.07, 6.45) is -4.46. The highest BCUT2D eigenvalue weighted by Gasteiger charge is 2.31. The lowest BCUT2D eigenvalue weighted by atomic mass is 10.2. The summed E-state index contributed by atoms with van der Waals surface area (Å²) in [5.41, 5.74) is -0.837. The van der Waals surface area contributed by atoms with Crippen molar-refractivity contribution in [2.24, 2.45) is 0 Å². The van der Waals surface area contributed by atoms with Crippen molar-refractivity contribution in [2.75, 3.05) is 26.2 Å². The molecule has 116 valence electrons. The van der Waals surface area contributed by atoms with Crippen LogP contribution in [-0.4, -0.2) is 53.4 Å². The molecule has 1 aliphatic rings. The van der Waals surface area contributed by atoms with Gasteiger partial charge in [-0.1, -0.05) is 0 Å². The molecule has 2 N–H and O–H groups in total. The maximum atomic E-state index is 12.5. The Hall–Kier alpha value is -2.03. The second-order valence-electron chi connectivity index (χ2n) is 4.57. The first-order valence-corrected chi connectivity index (χ1v) is 6.23. The van der Waals surface area contributed by atoms with E-state index >= 15 is 0 Å². The average Bonchev–Trinajstić information content (AvgIpc) is 2.45. The number of nitrogens with zero attached hydrogens (tertiary/aromatic N) is 2. The smallest absolute Gasteiger partial charge is 0.416 e. The molecule has 2 rings (SSSR count). The first-order chi connectivity index (χ1) is 9.86. The zero-order valence-electron chi connectivity index (χ0n) is 10.9. The van der Waals surface area contributed by atoms with Crippen LogP contribution in [0, 0.1) is 0 Å². The Labute approximate surface area is 118 Å². The molecule has 0 unspecified atom stereocenters. The molecule has 21 heavy (non-hydrogen) atoms. The van der Waals surface area contributed by atoms with Gasteiger partial charge in [0.1, 0.15) is 6.61 Å². The van der Waals surface area contributed by atoms with Gasteiger partial charge in [-0.05, 0) is 6.07 Å². The van der Waals surface area contributed by atoms with Crippen LogP contribution in [0.4, 0.5) is 18.0 Å². The Bertz CT molecular complexity index is 510. The van der Waals surface area contributed by atoms with E-state index in [2.05, 4.69) is 10.3 Å². The summed E-state index contributed by atoms with van der Waals surface area (Å²) in [6.45, 7) is 1.09. The number of alkyl halides is 3. The molecular weight excluding hydrogens is 291 g/mol. The third-order valence-corrected chi connectivity index (χ3v) is 3.02. The van der Waals surface area contributed by atoms with Crippen LogP contribution in [0.3, 0.4) is 0 Å². The SMILES string of the molecule is O=C(O)N1CCN[C@H](COc2cc(C(F)(F)F)ccn2)C1. The van der Waals surface area contributed by atoms with E-state index in [4.69, 9.17) is 9.84 Å². The highest BCUT2D eigenvalue weighted by Crippen LogP contribution is 2.30. The number of rotatable bonds is 3. The zero-order valence-corrected chi connectivity index (χ0v) is 10.9. The van der Waals surface area contributed by atoms with E-state index in [1.165, 1.54) is 4.90 Å². The highest BCUT2D eigenvalue weighted by atomic mass is 19.4. The molecule has 1 fully saturated rings. The second kappa shape index (κ2) is 6.17. The van der Waals surface area contributed by atoms with E-state index in [-0.39, 0.29) is 25.1 Å². The van der Waals surface area contributed by atoms with Gasteiger partial charge in [-0.2, -0.15) is 13.2 Å². The van der Waals surface area contributed by atoms with Crippen LogP contribution in [0.15, 0.2) is 18.3 Å². The van der Waals surface area contributed by atoms with Crippen LogP contribution in [0.1, 0.15) is 5.56 Å². The molecule has 1 aromatic heterocycles. The zero-order chi connectivity index (χ0) is 15.5. The minimum atomic E-state index is -4.45. The largest absolute Gasteiger partial charge is 0.476 e. The number of carboxylic acid groups (broad SMARTS) is 1.